The lowest BCUT2D eigenvalue weighted by molar-refractivity contribution is 0.215. The van der Waals surface area contributed by atoms with Gasteiger partial charge < -0.3 is 10.2 Å². The molecule has 0 amide bonds. The summed E-state index contributed by atoms with van der Waals surface area (Å²) < 4.78 is 0. The fourth-order valence-electron chi connectivity index (χ4n) is 4.12. The number of rotatable bonds is 5. The Hall–Kier alpha value is -3.20. The Bertz CT molecular complexity index is 1180. The summed E-state index contributed by atoms with van der Waals surface area (Å²) in [7, 11) is 0. The van der Waals surface area contributed by atoms with Crippen molar-refractivity contribution in [2.24, 2.45) is 0 Å². The van der Waals surface area contributed by atoms with E-state index in [1.165, 1.54) is 0 Å². The number of aliphatic hydroxyl groups is 2. The third-order valence-electron chi connectivity index (χ3n) is 5.70. The first-order chi connectivity index (χ1) is 14.4. The first-order valence-corrected chi connectivity index (χ1v) is 10.1. The highest BCUT2D eigenvalue weighted by Gasteiger charge is 2.23. The topological polar surface area (TPSA) is 40.5 Å². The van der Waals surface area contributed by atoms with Crippen LogP contribution < -0.4 is 0 Å². The molecule has 2 nitrogen and oxygen atoms in total. The van der Waals surface area contributed by atoms with E-state index >= 15 is 0 Å². The molecule has 0 aliphatic rings. The second kappa shape index (κ2) is 7.91. The van der Waals surface area contributed by atoms with Crippen LogP contribution in [-0.2, 0) is 0 Å². The molecule has 0 unspecified atom stereocenters. The quantitative estimate of drug-likeness (QED) is 0.362. The van der Waals surface area contributed by atoms with Crippen LogP contribution in [0.2, 0.25) is 0 Å². The zero-order valence-electron chi connectivity index (χ0n) is 17.4. The van der Waals surface area contributed by atoms with Crippen LogP contribution in [0.1, 0.15) is 37.2 Å². The summed E-state index contributed by atoms with van der Waals surface area (Å²) in [5.41, 5.74) is 4.77. The minimum atomic E-state index is -0.807. The number of fused-ring (bicyclic) bond motifs is 2. The van der Waals surface area contributed by atoms with Gasteiger partial charge in [0.05, 0.1) is 0 Å². The van der Waals surface area contributed by atoms with Crippen molar-refractivity contribution in [2.45, 2.75) is 26.1 Å². The molecular formula is C28H26O2. The van der Waals surface area contributed by atoms with E-state index in [-0.39, 0.29) is 0 Å². The maximum atomic E-state index is 11.0. The van der Waals surface area contributed by atoms with Gasteiger partial charge in [0.15, 0.2) is 0 Å². The van der Waals surface area contributed by atoms with Crippen molar-refractivity contribution in [3.8, 4) is 11.1 Å². The Morgan fingerprint density at radius 2 is 0.967 bits per heavy atom. The van der Waals surface area contributed by atoms with Gasteiger partial charge in [-0.2, -0.15) is 0 Å². The standard InChI is InChI=1S/C28H26O2/c1-17(2)27(29)23-15-13-19-9-5-7-11-21(19)25(23)26-22-12-8-6-10-20(22)14-16-24(26)28(30)18(3)4/h5-16,27-30H,1,3H2,2,4H3/t27-,28-/m0/s1. The molecule has 2 N–H and O–H groups in total. The highest BCUT2D eigenvalue weighted by molar-refractivity contribution is 6.08. The van der Waals surface area contributed by atoms with Gasteiger partial charge in [0.1, 0.15) is 12.2 Å². The zero-order chi connectivity index (χ0) is 21.4. The molecule has 2 atom stereocenters. The van der Waals surface area contributed by atoms with Crippen LogP contribution in [0.15, 0.2) is 97.1 Å². The van der Waals surface area contributed by atoms with E-state index in [4.69, 9.17) is 0 Å². The molecule has 0 fully saturated rings. The van der Waals surface area contributed by atoms with Crippen molar-refractivity contribution in [3.63, 3.8) is 0 Å². The smallest absolute Gasteiger partial charge is 0.100 e. The van der Waals surface area contributed by atoms with Gasteiger partial charge in [-0.05, 0) is 68.8 Å². The van der Waals surface area contributed by atoms with Crippen molar-refractivity contribution in [1.82, 2.24) is 0 Å². The van der Waals surface area contributed by atoms with Crippen LogP contribution in [0.5, 0.6) is 0 Å². The van der Waals surface area contributed by atoms with Crippen molar-refractivity contribution in [2.75, 3.05) is 0 Å². The number of benzene rings is 4. The molecule has 0 spiro atoms. The summed E-state index contributed by atoms with van der Waals surface area (Å²) in [6.07, 6.45) is -1.61. The summed E-state index contributed by atoms with van der Waals surface area (Å²) in [6, 6.07) is 24.3. The van der Waals surface area contributed by atoms with Gasteiger partial charge in [0.25, 0.3) is 0 Å². The molecule has 4 aromatic rings. The summed E-state index contributed by atoms with van der Waals surface area (Å²) in [4.78, 5) is 0. The molecule has 0 aliphatic carbocycles. The zero-order valence-corrected chi connectivity index (χ0v) is 17.4. The fourth-order valence-corrected chi connectivity index (χ4v) is 4.12. The van der Waals surface area contributed by atoms with Gasteiger partial charge >= 0.3 is 0 Å². The van der Waals surface area contributed by atoms with Gasteiger partial charge in [0.2, 0.25) is 0 Å². The van der Waals surface area contributed by atoms with E-state index in [2.05, 4.69) is 37.4 Å². The second-order valence-corrected chi connectivity index (χ2v) is 8.00. The molecular weight excluding hydrogens is 368 g/mol. The number of aliphatic hydroxyl groups excluding tert-OH is 2. The fraction of sp³-hybridized carbons (Fsp3) is 0.143. The van der Waals surface area contributed by atoms with Gasteiger partial charge in [-0.3, -0.25) is 0 Å². The lowest BCUT2D eigenvalue weighted by Gasteiger charge is -2.24. The molecule has 150 valence electrons. The first kappa shape index (κ1) is 20.1. The minimum Gasteiger partial charge on any atom is -0.384 e. The summed E-state index contributed by atoms with van der Waals surface area (Å²) in [6.45, 7) is 11.6. The van der Waals surface area contributed by atoms with Gasteiger partial charge in [0, 0.05) is 0 Å². The van der Waals surface area contributed by atoms with E-state index in [0.717, 1.165) is 43.8 Å². The summed E-state index contributed by atoms with van der Waals surface area (Å²) >= 11 is 0. The Kier molecular flexibility index (Phi) is 5.29. The van der Waals surface area contributed by atoms with Crippen molar-refractivity contribution < 1.29 is 10.2 Å². The molecule has 0 radical (unpaired) electrons. The highest BCUT2D eigenvalue weighted by Crippen LogP contribution is 2.44. The molecule has 0 saturated carbocycles. The van der Waals surface area contributed by atoms with Crippen LogP contribution in [-0.4, -0.2) is 10.2 Å². The van der Waals surface area contributed by atoms with E-state index in [0.29, 0.717) is 11.1 Å². The van der Waals surface area contributed by atoms with Crippen molar-refractivity contribution >= 4 is 21.5 Å². The molecule has 2 heteroatoms. The third kappa shape index (κ3) is 3.35. The Morgan fingerprint density at radius 1 is 0.600 bits per heavy atom. The normalized spacial score (nSPS) is 13.3. The van der Waals surface area contributed by atoms with E-state index in [9.17, 15) is 10.2 Å². The maximum Gasteiger partial charge on any atom is 0.100 e. The second-order valence-electron chi connectivity index (χ2n) is 8.00. The van der Waals surface area contributed by atoms with E-state index in [1.54, 1.807) is 0 Å². The SMILES string of the molecule is C=C(C)[C@H](O)c1ccc2ccccc2c1-c1c([C@@H](O)C(=C)C)ccc2ccccc12. The van der Waals surface area contributed by atoms with Gasteiger partial charge in [-0.1, -0.05) is 86.0 Å². The first-order valence-electron chi connectivity index (χ1n) is 10.1. The van der Waals surface area contributed by atoms with Crippen LogP contribution in [0, 0.1) is 0 Å². The minimum absolute atomic E-state index is 0.675. The molecule has 0 aliphatic heterocycles. The van der Waals surface area contributed by atoms with E-state index < -0.39 is 12.2 Å². The molecule has 4 aromatic carbocycles. The Balaban J connectivity index is 2.22. The lowest BCUT2D eigenvalue weighted by atomic mass is 9.83. The molecule has 0 aromatic heterocycles. The Morgan fingerprint density at radius 3 is 1.33 bits per heavy atom. The van der Waals surface area contributed by atoms with E-state index in [1.807, 2.05) is 62.4 Å². The Labute approximate surface area is 177 Å². The maximum absolute atomic E-state index is 11.0. The summed E-state index contributed by atoms with van der Waals surface area (Å²) in [5, 5.41) is 26.3. The number of hydrogen-bond acceptors (Lipinski definition) is 2. The van der Waals surface area contributed by atoms with Crippen LogP contribution in [0.25, 0.3) is 32.7 Å². The van der Waals surface area contributed by atoms with Crippen LogP contribution >= 0.6 is 0 Å². The lowest BCUT2D eigenvalue weighted by Crippen LogP contribution is -2.06. The average molecular weight is 395 g/mol. The largest absolute Gasteiger partial charge is 0.384 e. The average Bonchev–Trinajstić information content (AvgIpc) is 2.76. The van der Waals surface area contributed by atoms with Crippen molar-refractivity contribution in [1.29, 1.82) is 0 Å². The van der Waals surface area contributed by atoms with Crippen LogP contribution in [0.4, 0.5) is 0 Å². The monoisotopic (exact) mass is 394 g/mol. The molecule has 30 heavy (non-hydrogen) atoms. The van der Waals surface area contributed by atoms with Gasteiger partial charge in [-0.25, -0.2) is 0 Å². The highest BCUT2D eigenvalue weighted by atomic mass is 16.3. The molecule has 0 bridgehead atoms. The van der Waals surface area contributed by atoms with Crippen LogP contribution in [0.3, 0.4) is 0 Å². The molecule has 4 rings (SSSR count). The van der Waals surface area contributed by atoms with Gasteiger partial charge in [-0.15, -0.1) is 0 Å². The predicted molar refractivity (Wildman–Crippen MR) is 126 cm³/mol. The molecule has 0 saturated heterocycles. The van der Waals surface area contributed by atoms with Crippen molar-refractivity contribution in [3.05, 3.63) is 108 Å². The summed E-state index contributed by atoms with van der Waals surface area (Å²) in [5.74, 6) is 0. The number of hydrogen-bond donors (Lipinski definition) is 2. The third-order valence-corrected chi connectivity index (χ3v) is 5.70. The predicted octanol–water partition coefficient (Wildman–Crippen LogP) is 6.88. The molecule has 0 heterocycles.